The van der Waals surface area contributed by atoms with Gasteiger partial charge in [0.05, 0.1) is 23.2 Å². The summed E-state index contributed by atoms with van der Waals surface area (Å²) in [5, 5.41) is 6.68. The second-order valence-corrected chi connectivity index (χ2v) is 4.29. The third-order valence-electron chi connectivity index (χ3n) is 3.17. The Hall–Kier alpha value is -1.59. The average molecular weight is 232 g/mol. The molecular weight excluding hydrogens is 216 g/mol. The van der Waals surface area contributed by atoms with Crippen molar-refractivity contribution in [3.05, 3.63) is 24.3 Å². The van der Waals surface area contributed by atoms with E-state index in [4.69, 9.17) is 4.74 Å². The van der Waals surface area contributed by atoms with Crippen molar-refractivity contribution in [3.63, 3.8) is 0 Å². The summed E-state index contributed by atoms with van der Waals surface area (Å²) < 4.78 is 5.40. The molecule has 1 saturated heterocycles. The summed E-state index contributed by atoms with van der Waals surface area (Å²) in [7, 11) is 1.74. The number of hydrogen-bond acceptors (Lipinski definition) is 4. The van der Waals surface area contributed by atoms with E-state index in [9.17, 15) is 0 Å². The number of anilines is 1. The highest BCUT2D eigenvalue weighted by atomic mass is 16.5. The summed E-state index contributed by atoms with van der Waals surface area (Å²) >= 11 is 0. The van der Waals surface area contributed by atoms with Crippen LogP contribution in [0, 0.1) is 0 Å². The van der Waals surface area contributed by atoms with Crippen LogP contribution in [0.4, 0.5) is 5.95 Å². The number of aromatic nitrogens is 2. The van der Waals surface area contributed by atoms with Crippen molar-refractivity contribution >= 4 is 17.0 Å². The van der Waals surface area contributed by atoms with Crippen molar-refractivity contribution in [2.45, 2.75) is 12.1 Å². The maximum Gasteiger partial charge on any atom is 0.201 e. The van der Waals surface area contributed by atoms with Crippen molar-refractivity contribution in [2.24, 2.45) is 0 Å². The van der Waals surface area contributed by atoms with Crippen LogP contribution in [-0.4, -0.2) is 42.3 Å². The molecule has 0 aliphatic carbocycles. The van der Waals surface area contributed by atoms with E-state index in [0.717, 1.165) is 30.1 Å². The fourth-order valence-electron chi connectivity index (χ4n) is 2.24. The summed E-state index contributed by atoms with van der Waals surface area (Å²) in [6, 6.07) is 8.27. The summed E-state index contributed by atoms with van der Waals surface area (Å²) in [6.07, 6.45) is 0.197. The third-order valence-corrected chi connectivity index (χ3v) is 3.17. The van der Waals surface area contributed by atoms with Crippen LogP contribution in [0.2, 0.25) is 0 Å². The van der Waals surface area contributed by atoms with E-state index in [0.29, 0.717) is 0 Å². The van der Waals surface area contributed by atoms with Gasteiger partial charge in [-0.05, 0) is 12.1 Å². The van der Waals surface area contributed by atoms with Gasteiger partial charge in [0.15, 0.2) is 0 Å². The molecule has 2 atom stereocenters. The Morgan fingerprint density at radius 2 is 2.24 bits per heavy atom. The maximum atomic E-state index is 5.40. The molecule has 2 heterocycles. The maximum absolute atomic E-state index is 5.40. The molecule has 0 radical (unpaired) electrons. The number of H-pyrrole nitrogens is 1. The molecule has 0 saturated carbocycles. The largest absolute Gasteiger partial charge is 0.378 e. The van der Waals surface area contributed by atoms with E-state index in [-0.39, 0.29) is 12.1 Å². The van der Waals surface area contributed by atoms with E-state index < -0.39 is 0 Å². The van der Waals surface area contributed by atoms with Gasteiger partial charge >= 0.3 is 0 Å². The minimum atomic E-state index is 0.197. The fourth-order valence-corrected chi connectivity index (χ4v) is 2.24. The van der Waals surface area contributed by atoms with E-state index >= 15 is 0 Å². The van der Waals surface area contributed by atoms with Gasteiger partial charge in [0.25, 0.3) is 0 Å². The lowest BCUT2D eigenvalue weighted by molar-refractivity contribution is 0.111. The second-order valence-electron chi connectivity index (χ2n) is 4.29. The first-order valence-corrected chi connectivity index (χ1v) is 5.81. The number of imidazole rings is 1. The lowest BCUT2D eigenvalue weighted by Crippen LogP contribution is -2.33. The number of ether oxygens (including phenoxy) is 1. The number of hydrogen-bond donors (Lipinski definition) is 3. The second kappa shape index (κ2) is 4.35. The van der Waals surface area contributed by atoms with Crippen LogP contribution in [0.1, 0.15) is 0 Å². The van der Waals surface area contributed by atoms with Crippen molar-refractivity contribution in [2.75, 3.05) is 25.5 Å². The molecule has 5 nitrogen and oxygen atoms in total. The summed E-state index contributed by atoms with van der Waals surface area (Å²) in [4.78, 5) is 7.76. The SMILES string of the molecule is CO[C@H]1CNCC1Nc1nc2ccccc2[nH]1. The Balaban J connectivity index is 1.80. The van der Waals surface area contributed by atoms with Crippen LogP contribution in [-0.2, 0) is 4.74 Å². The molecule has 2 aromatic rings. The van der Waals surface area contributed by atoms with Gasteiger partial charge in [-0.25, -0.2) is 4.98 Å². The molecule has 3 N–H and O–H groups in total. The van der Waals surface area contributed by atoms with E-state index in [1.807, 2.05) is 24.3 Å². The summed E-state index contributed by atoms with van der Waals surface area (Å²) in [6.45, 7) is 1.78. The van der Waals surface area contributed by atoms with E-state index in [2.05, 4.69) is 20.6 Å². The molecule has 3 rings (SSSR count). The van der Waals surface area contributed by atoms with Gasteiger partial charge in [0, 0.05) is 20.2 Å². The topological polar surface area (TPSA) is 62.0 Å². The quantitative estimate of drug-likeness (QED) is 0.737. The van der Waals surface area contributed by atoms with Crippen LogP contribution in [0.3, 0.4) is 0 Å². The molecule has 90 valence electrons. The molecule has 5 heteroatoms. The van der Waals surface area contributed by atoms with E-state index in [1.54, 1.807) is 7.11 Å². The van der Waals surface area contributed by atoms with Crippen LogP contribution >= 0.6 is 0 Å². The number of methoxy groups -OCH3 is 1. The van der Waals surface area contributed by atoms with Gasteiger partial charge in [-0.3, -0.25) is 0 Å². The zero-order valence-electron chi connectivity index (χ0n) is 9.73. The number of fused-ring (bicyclic) bond motifs is 1. The van der Waals surface area contributed by atoms with Crippen LogP contribution < -0.4 is 10.6 Å². The minimum absolute atomic E-state index is 0.197. The monoisotopic (exact) mass is 232 g/mol. The molecule has 0 amide bonds. The smallest absolute Gasteiger partial charge is 0.201 e. The van der Waals surface area contributed by atoms with Crippen LogP contribution in [0.25, 0.3) is 11.0 Å². The number of para-hydroxylation sites is 2. The Labute approximate surface area is 99.6 Å². The number of rotatable bonds is 3. The molecule has 1 aliphatic rings. The molecule has 0 spiro atoms. The first kappa shape index (κ1) is 10.6. The van der Waals surface area contributed by atoms with Gasteiger partial charge in [-0.2, -0.15) is 0 Å². The average Bonchev–Trinajstić information content (AvgIpc) is 2.94. The molecule has 1 unspecified atom stereocenters. The molecule has 1 aromatic heterocycles. The Kier molecular flexibility index (Phi) is 2.70. The van der Waals surface area contributed by atoms with Gasteiger partial charge in [-0.1, -0.05) is 12.1 Å². The lowest BCUT2D eigenvalue weighted by atomic mass is 10.2. The highest BCUT2D eigenvalue weighted by Crippen LogP contribution is 2.16. The number of aromatic amines is 1. The first-order chi connectivity index (χ1) is 8.36. The molecule has 17 heavy (non-hydrogen) atoms. The Morgan fingerprint density at radius 1 is 1.35 bits per heavy atom. The van der Waals surface area contributed by atoms with Crippen molar-refractivity contribution in [3.8, 4) is 0 Å². The highest BCUT2D eigenvalue weighted by molar-refractivity contribution is 5.77. The molecular formula is C12H16N4O. The minimum Gasteiger partial charge on any atom is -0.378 e. The first-order valence-electron chi connectivity index (χ1n) is 5.81. The zero-order valence-corrected chi connectivity index (χ0v) is 9.73. The molecule has 0 bridgehead atoms. The summed E-state index contributed by atoms with van der Waals surface area (Å²) in [5.74, 6) is 0.807. The molecule has 1 fully saturated rings. The van der Waals surface area contributed by atoms with Crippen LogP contribution in [0.15, 0.2) is 24.3 Å². The standard InChI is InChI=1S/C12H16N4O/c1-17-11-7-13-6-10(11)16-12-14-8-4-2-3-5-9(8)15-12/h2-5,10-11,13H,6-7H2,1H3,(H2,14,15,16)/t10?,11-/m0/s1. The van der Waals surface area contributed by atoms with Crippen molar-refractivity contribution in [1.82, 2.24) is 15.3 Å². The number of nitrogens with one attached hydrogen (secondary N) is 3. The lowest BCUT2D eigenvalue weighted by Gasteiger charge is -2.17. The van der Waals surface area contributed by atoms with Gasteiger partial charge in [0.1, 0.15) is 0 Å². The number of benzene rings is 1. The Bertz CT molecular complexity index is 477. The van der Waals surface area contributed by atoms with Crippen molar-refractivity contribution < 1.29 is 4.74 Å². The fraction of sp³-hybridized carbons (Fsp3) is 0.417. The van der Waals surface area contributed by atoms with Gasteiger partial charge < -0.3 is 20.4 Å². The van der Waals surface area contributed by atoms with Gasteiger partial charge in [0.2, 0.25) is 5.95 Å². The molecule has 1 aromatic carbocycles. The zero-order chi connectivity index (χ0) is 11.7. The highest BCUT2D eigenvalue weighted by Gasteiger charge is 2.27. The van der Waals surface area contributed by atoms with Crippen molar-refractivity contribution in [1.29, 1.82) is 0 Å². The number of nitrogens with zero attached hydrogens (tertiary/aromatic N) is 1. The van der Waals surface area contributed by atoms with Crippen LogP contribution in [0.5, 0.6) is 0 Å². The predicted octanol–water partition coefficient (Wildman–Crippen LogP) is 0.962. The predicted molar refractivity (Wildman–Crippen MR) is 67.2 cm³/mol. The normalized spacial score (nSPS) is 24.3. The Morgan fingerprint density at radius 3 is 3.06 bits per heavy atom. The van der Waals surface area contributed by atoms with E-state index in [1.165, 1.54) is 0 Å². The molecule has 1 aliphatic heterocycles. The summed E-state index contributed by atoms with van der Waals surface area (Å²) in [5.41, 5.74) is 2.03. The van der Waals surface area contributed by atoms with Gasteiger partial charge in [-0.15, -0.1) is 0 Å². The third kappa shape index (κ3) is 1.99.